The number of amides is 2. The SMILES string of the molecule is CNC(=O)c1cccc(NC(=O)Cc2ccc(-n3cccc3)cc2)c1. The van der Waals surface area contributed by atoms with E-state index in [1.54, 1.807) is 31.3 Å². The van der Waals surface area contributed by atoms with Gasteiger partial charge in [0.25, 0.3) is 5.91 Å². The molecule has 0 aliphatic rings. The van der Waals surface area contributed by atoms with Gasteiger partial charge in [0.15, 0.2) is 0 Å². The Balaban J connectivity index is 1.64. The zero-order chi connectivity index (χ0) is 17.6. The Morgan fingerprint density at radius 1 is 0.960 bits per heavy atom. The molecule has 0 saturated carbocycles. The van der Waals surface area contributed by atoms with Gasteiger partial charge in [-0.05, 0) is 48.0 Å². The minimum atomic E-state index is -0.184. The summed E-state index contributed by atoms with van der Waals surface area (Å²) in [7, 11) is 1.57. The number of rotatable bonds is 5. The summed E-state index contributed by atoms with van der Waals surface area (Å²) in [6.45, 7) is 0. The van der Waals surface area contributed by atoms with Gasteiger partial charge in [-0.3, -0.25) is 9.59 Å². The number of hydrogen-bond donors (Lipinski definition) is 2. The van der Waals surface area contributed by atoms with Crippen molar-refractivity contribution in [3.63, 3.8) is 0 Å². The van der Waals surface area contributed by atoms with Crippen molar-refractivity contribution in [1.82, 2.24) is 9.88 Å². The predicted octanol–water partition coefficient (Wildman–Crippen LogP) is 3.02. The largest absolute Gasteiger partial charge is 0.355 e. The van der Waals surface area contributed by atoms with Crippen molar-refractivity contribution in [2.75, 3.05) is 12.4 Å². The van der Waals surface area contributed by atoms with E-state index in [-0.39, 0.29) is 18.2 Å². The smallest absolute Gasteiger partial charge is 0.251 e. The Morgan fingerprint density at radius 3 is 2.36 bits per heavy atom. The summed E-state index contributed by atoms with van der Waals surface area (Å²) >= 11 is 0. The third kappa shape index (κ3) is 4.14. The molecule has 3 rings (SSSR count). The number of aromatic nitrogens is 1. The maximum Gasteiger partial charge on any atom is 0.251 e. The Bertz CT molecular complexity index is 868. The standard InChI is InChI=1S/C20H19N3O2/c1-21-20(25)16-5-4-6-17(14-16)22-19(24)13-15-7-9-18(10-8-15)23-11-2-3-12-23/h2-12,14H,13H2,1H3,(H,21,25)(H,22,24). The number of carbonyl (C=O) groups is 2. The van der Waals surface area contributed by atoms with Crippen molar-refractivity contribution < 1.29 is 9.59 Å². The average Bonchev–Trinajstić information content (AvgIpc) is 3.16. The average molecular weight is 333 g/mol. The lowest BCUT2D eigenvalue weighted by molar-refractivity contribution is -0.115. The van der Waals surface area contributed by atoms with Crippen LogP contribution < -0.4 is 10.6 Å². The number of benzene rings is 2. The van der Waals surface area contributed by atoms with Crippen molar-refractivity contribution in [3.8, 4) is 5.69 Å². The first-order chi connectivity index (χ1) is 12.2. The summed E-state index contributed by atoms with van der Waals surface area (Å²) in [5.41, 5.74) is 3.09. The van der Waals surface area contributed by atoms with Gasteiger partial charge < -0.3 is 15.2 Å². The van der Waals surface area contributed by atoms with E-state index >= 15 is 0 Å². The van der Waals surface area contributed by atoms with Crippen LogP contribution in [0.2, 0.25) is 0 Å². The summed E-state index contributed by atoms with van der Waals surface area (Å²) in [4.78, 5) is 23.9. The van der Waals surface area contributed by atoms with Crippen LogP contribution in [0, 0.1) is 0 Å². The second kappa shape index (κ2) is 7.49. The third-order valence-electron chi connectivity index (χ3n) is 3.84. The van der Waals surface area contributed by atoms with Gasteiger partial charge in [-0.2, -0.15) is 0 Å². The van der Waals surface area contributed by atoms with E-state index in [0.29, 0.717) is 11.3 Å². The fraction of sp³-hybridized carbons (Fsp3) is 0.100. The molecule has 0 saturated heterocycles. The highest BCUT2D eigenvalue weighted by Gasteiger charge is 2.07. The van der Waals surface area contributed by atoms with Gasteiger partial charge >= 0.3 is 0 Å². The highest BCUT2D eigenvalue weighted by Crippen LogP contribution is 2.13. The molecule has 5 heteroatoms. The molecule has 2 N–H and O–H groups in total. The molecule has 0 bridgehead atoms. The zero-order valence-corrected chi connectivity index (χ0v) is 13.9. The van der Waals surface area contributed by atoms with Crippen LogP contribution in [-0.2, 0) is 11.2 Å². The first kappa shape index (κ1) is 16.5. The van der Waals surface area contributed by atoms with Crippen LogP contribution in [0.25, 0.3) is 5.69 Å². The quantitative estimate of drug-likeness (QED) is 0.754. The lowest BCUT2D eigenvalue weighted by atomic mass is 10.1. The highest BCUT2D eigenvalue weighted by atomic mass is 16.2. The molecule has 5 nitrogen and oxygen atoms in total. The molecule has 2 amide bonds. The first-order valence-electron chi connectivity index (χ1n) is 8.00. The summed E-state index contributed by atoms with van der Waals surface area (Å²) in [5, 5.41) is 5.39. The number of nitrogens with one attached hydrogen (secondary N) is 2. The maximum absolute atomic E-state index is 12.2. The zero-order valence-electron chi connectivity index (χ0n) is 13.9. The third-order valence-corrected chi connectivity index (χ3v) is 3.84. The lowest BCUT2D eigenvalue weighted by Crippen LogP contribution is -2.19. The summed E-state index contributed by atoms with van der Waals surface area (Å²) in [6, 6.07) is 18.6. The number of nitrogens with zero attached hydrogens (tertiary/aromatic N) is 1. The molecule has 0 aliphatic carbocycles. The Kier molecular flexibility index (Phi) is 4.95. The molecule has 2 aromatic carbocycles. The van der Waals surface area contributed by atoms with Crippen molar-refractivity contribution in [1.29, 1.82) is 0 Å². The minimum Gasteiger partial charge on any atom is -0.355 e. The van der Waals surface area contributed by atoms with Crippen molar-refractivity contribution in [2.24, 2.45) is 0 Å². The van der Waals surface area contributed by atoms with Crippen LogP contribution in [0.15, 0.2) is 73.1 Å². The van der Waals surface area contributed by atoms with E-state index < -0.39 is 0 Å². The van der Waals surface area contributed by atoms with Gasteiger partial charge in [0.05, 0.1) is 6.42 Å². The summed E-state index contributed by atoms with van der Waals surface area (Å²) in [5.74, 6) is -0.306. The van der Waals surface area contributed by atoms with Crippen LogP contribution >= 0.6 is 0 Å². The Hall–Kier alpha value is -3.34. The van der Waals surface area contributed by atoms with Crippen LogP contribution in [0.3, 0.4) is 0 Å². The molecule has 0 fully saturated rings. The van der Waals surface area contributed by atoms with Crippen LogP contribution in [0.1, 0.15) is 15.9 Å². The maximum atomic E-state index is 12.2. The van der Waals surface area contributed by atoms with Gasteiger partial charge in [0.2, 0.25) is 5.91 Å². The molecule has 1 aromatic heterocycles. The summed E-state index contributed by atoms with van der Waals surface area (Å²) in [6.07, 6.45) is 4.22. The Labute approximate surface area is 146 Å². The van der Waals surface area contributed by atoms with Gasteiger partial charge in [-0.1, -0.05) is 18.2 Å². The predicted molar refractivity (Wildman–Crippen MR) is 97.9 cm³/mol. The fourth-order valence-corrected chi connectivity index (χ4v) is 2.57. The molecule has 0 atom stereocenters. The molecule has 3 aromatic rings. The molecule has 0 aliphatic heterocycles. The monoisotopic (exact) mass is 333 g/mol. The number of carbonyl (C=O) groups excluding carboxylic acids is 2. The van der Waals surface area contributed by atoms with E-state index in [1.807, 2.05) is 53.4 Å². The normalized spacial score (nSPS) is 10.3. The first-order valence-corrected chi connectivity index (χ1v) is 8.00. The van der Waals surface area contributed by atoms with Crippen molar-refractivity contribution >= 4 is 17.5 Å². The topological polar surface area (TPSA) is 63.1 Å². The Morgan fingerprint density at radius 2 is 1.68 bits per heavy atom. The highest BCUT2D eigenvalue weighted by molar-refractivity contribution is 5.97. The van der Waals surface area contributed by atoms with Crippen molar-refractivity contribution in [3.05, 3.63) is 84.2 Å². The molecule has 25 heavy (non-hydrogen) atoms. The second-order valence-electron chi connectivity index (χ2n) is 5.64. The van der Waals surface area contributed by atoms with Crippen LogP contribution in [0.4, 0.5) is 5.69 Å². The van der Waals surface area contributed by atoms with E-state index in [1.165, 1.54) is 0 Å². The molecule has 0 radical (unpaired) electrons. The number of anilines is 1. The molecule has 0 spiro atoms. The van der Waals surface area contributed by atoms with Crippen LogP contribution in [-0.4, -0.2) is 23.4 Å². The minimum absolute atomic E-state index is 0.122. The van der Waals surface area contributed by atoms with Gasteiger partial charge in [0, 0.05) is 36.4 Å². The summed E-state index contributed by atoms with van der Waals surface area (Å²) < 4.78 is 2.01. The molecule has 126 valence electrons. The fourth-order valence-electron chi connectivity index (χ4n) is 2.57. The molecular formula is C20H19N3O2. The van der Waals surface area contributed by atoms with Gasteiger partial charge in [-0.15, -0.1) is 0 Å². The van der Waals surface area contributed by atoms with E-state index in [2.05, 4.69) is 10.6 Å². The number of hydrogen-bond acceptors (Lipinski definition) is 2. The van der Waals surface area contributed by atoms with Crippen molar-refractivity contribution in [2.45, 2.75) is 6.42 Å². The van der Waals surface area contributed by atoms with E-state index in [4.69, 9.17) is 0 Å². The van der Waals surface area contributed by atoms with E-state index in [9.17, 15) is 9.59 Å². The lowest BCUT2D eigenvalue weighted by Gasteiger charge is -2.08. The van der Waals surface area contributed by atoms with Crippen LogP contribution in [0.5, 0.6) is 0 Å². The molecule has 0 unspecified atom stereocenters. The second-order valence-corrected chi connectivity index (χ2v) is 5.64. The molecular weight excluding hydrogens is 314 g/mol. The van der Waals surface area contributed by atoms with Gasteiger partial charge in [-0.25, -0.2) is 0 Å². The molecule has 1 heterocycles. The van der Waals surface area contributed by atoms with Gasteiger partial charge in [0.1, 0.15) is 0 Å². The van der Waals surface area contributed by atoms with E-state index in [0.717, 1.165) is 11.3 Å².